The van der Waals surface area contributed by atoms with Gasteiger partial charge in [-0.1, -0.05) is 6.07 Å². The summed E-state index contributed by atoms with van der Waals surface area (Å²) in [6.07, 6.45) is 0.814. The second kappa shape index (κ2) is 8.02. The molecular weight excluding hydrogens is 381 g/mol. The zero-order valence-corrected chi connectivity index (χ0v) is 15.9. The summed E-state index contributed by atoms with van der Waals surface area (Å²) in [5, 5.41) is 16.8. The predicted molar refractivity (Wildman–Crippen MR) is 104 cm³/mol. The molecule has 0 unspecified atom stereocenters. The van der Waals surface area contributed by atoms with E-state index < -0.39 is 11.7 Å². The maximum absolute atomic E-state index is 12.7. The lowest BCUT2D eigenvalue weighted by molar-refractivity contribution is -0.137. The molecule has 0 radical (unpaired) electrons. The van der Waals surface area contributed by atoms with Crippen molar-refractivity contribution in [3.63, 3.8) is 0 Å². The van der Waals surface area contributed by atoms with Gasteiger partial charge in [-0.2, -0.15) is 18.2 Å². The molecule has 1 aliphatic carbocycles. The van der Waals surface area contributed by atoms with Crippen molar-refractivity contribution >= 4 is 17.3 Å². The lowest BCUT2D eigenvalue weighted by Gasteiger charge is -2.27. The van der Waals surface area contributed by atoms with E-state index in [0.717, 1.165) is 49.9 Å². The summed E-state index contributed by atoms with van der Waals surface area (Å²) in [7, 11) is 0. The third-order valence-electron chi connectivity index (χ3n) is 5.63. The molecule has 0 spiro atoms. The zero-order chi connectivity index (χ0) is 20.4. The number of aliphatic hydroxyl groups is 1. The van der Waals surface area contributed by atoms with E-state index in [4.69, 9.17) is 0 Å². The molecule has 1 saturated carbocycles. The van der Waals surface area contributed by atoms with Gasteiger partial charge in [0.15, 0.2) is 5.65 Å². The standard InChI is InChI=1S/C21H23F3N4O/c22-21(23,24)16-8-10-17(11-9-16)25-20-26-19-3-1-2-18(28(19)27-20)12-14-4-6-15(13-29)7-5-14/h1-3,8-11,14-15,29H,4-7,12-13H2,(H,25,27). The van der Waals surface area contributed by atoms with E-state index in [2.05, 4.69) is 15.4 Å². The largest absolute Gasteiger partial charge is 0.416 e. The Hall–Kier alpha value is -2.61. The summed E-state index contributed by atoms with van der Waals surface area (Å²) in [4.78, 5) is 4.44. The minimum atomic E-state index is -4.36. The van der Waals surface area contributed by atoms with Crippen LogP contribution in [0.1, 0.15) is 36.9 Å². The second-order valence-corrected chi connectivity index (χ2v) is 7.70. The van der Waals surface area contributed by atoms with Crippen molar-refractivity contribution < 1.29 is 18.3 Å². The highest BCUT2D eigenvalue weighted by Crippen LogP contribution is 2.32. The van der Waals surface area contributed by atoms with E-state index in [9.17, 15) is 18.3 Å². The molecule has 0 atom stereocenters. The van der Waals surface area contributed by atoms with Gasteiger partial charge in [0.2, 0.25) is 5.95 Å². The Balaban J connectivity index is 1.49. The van der Waals surface area contributed by atoms with Crippen LogP contribution in [0.4, 0.5) is 24.8 Å². The van der Waals surface area contributed by atoms with Crippen LogP contribution < -0.4 is 5.32 Å². The average Bonchev–Trinajstić information content (AvgIpc) is 3.12. The van der Waals surface area contributed by atoms with Crippen molar-refractivity contribution in [3.05, 3.63) is 53.7 Å². The fraction of sp³-hybridized carbons (Fsp3) is 0.429. The number of rotatable bonds is 5. The summed E-state index contributed by atoms with van der Waals surface area (Å²) in [5.41, 5.74) is 1.56. The van der Waals surface area contributed by atoms with Crippen molar-refractivity contribution in [2.24, 2.45) is 11.8 Å². The zero-order valence-electron chi connectivity index (χ0n) is 15.9. The van der Waals surface area contributed by atoms with Gasteiger partial charge in [-0.25, -0.2) is 4.52 Å². The monoisotopic (exact) mass is 404 g/mol. The van der Waals surface area contributed by atoms with E-state index in [-0.39, 0.29) is 6.61 Å². The Labute approximate surface area is 166 Å². The number of alkyl halides is 3. The van der Waals surface area contributed by atoms with Crippen LogP contribution in [0.5, 0.6) is 0 Å². The van der Waals surface area contributed by atoms with Gasteiger partial charge in [-0.3, -0.25) is 0 Å². The number of benzene rings is 1. The Bertz CT molecular complexity index is 960. The fourth-order valence-corrected chi connectivity index (χ4v) is 3.95. The Morgan fingerprint density at radius 3 is 2.34 bits per heavy atom. The van der Waals surface area contributed by atoms with Crippen LogP contribution in [0, 0.1) is 11.8 Å². The van der Waals surface area contributed by atoms with Crippen LogP contribution >= 0.6 is 0 Å². The molecule has 1 aromatic carbocycles. The third kappa shape index (κ3) is 4.53. The molecule has 5 nitrogen and oxygen atoms in total. The molecule has 1 fully saturated rings. The lowest BCUT2D eigenvalue weighted by atomic mass is 9.80. The minimum absolute atomic E-state index is 0.268. The number of halogens is 3. The van der Waals surface area contributed by atoms with Crippen molar-refractivity contribution in [1.82, 2.24) is 14.6 Å². The molecule has 1 aliphatic rings. The molecule has 2 N–H and O–H groups in total. The highest BCUT2D eigenvalue weighted by atomic mass is 19.4. The smallest absolute Gasteiger partial charge is 0.396 e. The van der Waals surface area contributed by atoms with E-state index in [1.165, 1.54) is 12.1 Å². The third-order valence-corrected chi connectivity index (χ3v) is 5.63. The molecular formula is C21H23F3N4O. The quantitative estimate of drug-likeness (QED) is 0.639. The molecule has 0 saturated heterocycles. The lowest BCUT2D eigenvalue weighted by Crippen LogP contribution is -2.19. The van der Waals surface area contributed by atoms with Gasteiger partial charge < -0.3 is 10.4 Å². The van der Waals surface area contributed by atoms with Gasteiger partial charge >= 0.3 is 6.18 Å². The first kappa shape index (κ1) is 19.7. The maximum Gasteiger partial charge on any atom is 0.416 e. The predicted octanol–water partition coefficient (Wildman–Crippen LogP) is 4.83. The van der Waals surface area contributed by atoms with Gasteiger partial charge in [0, 0.05) is 18.0 Å². The topological polar surface area (TPSA) is 62.5 Å². The van der Waals surface area contributed by atoms with Gasteiger partial charge in [-0.05, 0) is 80.3 Å². The molecule has 4 rings (SSSR count). The van der Waals surface area contributed by atoms with E-state index in [1.54, 1.807) is 4.52 Å². The molecule has 3 aromatic rings. The number of aromatic nitrogens is 3. The Morgan fingerprint density at radius 2 is 1.69 bits per heavy atom. The van der Waals surface area contributed by atoms with Crippen LogP contribution in [-0.2, 0) is 12.6 Å². The SMILES string of the molecule is OCC1CCC(Cc2cccc3nc(Nc4ccc(C(F)(F)F)cc4)nn23)CC1. The Morgan fingerprint density at radius 1 is 1.00 bits per heavy atom. The van der Waals surface area contributed by atoms with Crippen LogP contribution in [0.15, 0.2) is 42.5 Å². The van der Waals surface area contributed by atoms with Crippen LogP contribution in [0.2, 0.25) is 0 Å². The summed E-state index contributed by atoms with van der Waals surface area (Å²) < 4.78 is 39.9. The van der Waals surface area contributed by atoms with Gasteiger partial charge in [0.25, 0.3) is 0 Å². The van der Waals surface area contributed by atoms with Crippen molar-refractivity contribution in [2.45, 2.75) is 38.3 Å². The number of hydrogen-bond donors (Lipinski definition) is 2. The first-order valence-corrected chi connectivity index (χ1v) is 9.82. The van der Waals surface area contributed by atoms with Gasteiger partial charge in [0.1, 0.15) is 0 Å². The molecule has 0 amide bonds. The average molecular weight is 404 g/mol. The molecule has 0 bridgehead atoms. The number of nitrogens with zero attached hydrogens (tertiary/aromatic N) is 3. The van der Waals surface area contributed by atoms with Crippen LogP contribution in [0.25, 0.3) is 5.65 Å². The highest BCUT2D eigenvalue weighted by molar-refractivity contribution is 5.56. The van der Waals surface area contributed by atoms with E-state index >= 15 is 0 Å². The normalized spacial score (nSPS) is 20.1. The summed E-state index contributed by atoms with van der Waals surface area (Å²) >= 11 is 0. The number of pyridine rings is 1. The molecule has 8 heteroatoms. The summed E-state index contributed by atoms with van der Waals surface area (Å²) in [6.45, 7) is 0.268. The number of nitrogens with one attached hydrogen (secondary N) is 1. The van der Waals surface area contributed by atoms with Gasteiger partial charge in [0.05, 0.1) is 5.56 Å². The van der Waals surface area contributed by atoms with Crippen molar-refractivity contribution in [2.75, 3.05) is 11.9 Å². The Kier molecular flexibility index (Phi) is 5.45. The molecule has 2 heterocycles. The minimum Gasteiger partial charge on any atom is -0.396 e. The van der Waals surface area contributed by atoms with Crippen molar-refractivity contribution in [3.8, 4) is 0 Å². The summed E-state index contributed by atoms with van der Waals surface area (Å²) in [5.74, 6) is 1.33. The molecule has 154 valence electrons. The van der Waals surface area contributed by atoms with Crippen molar-refractivity contribution in [1.29, 1.82) is 0 Å². The highest BCUT2D eigenvalue weighted by Gasteiger charge is 2.30. The number of aliphatic hydroxyl groups excluding tert-OH is 1. The second-order valence-electron chi connectivity index (χ2n) is 7.70. The molecule has 0 aliphatic heterocycles. The fourth-order valence-electron chi connectivity index (χ4n) is 3.95. The van der Waals surface area contributed by atoms with E-state index in [0.29, 0.717) is 29.1 Å². The van der Waals surface area contributed by atoms with Crippen LogP contribution in [-0.4, -0.2) is 26.3 Å². The number of anilines is 2. The van der Waals surface area contributed by atoms with Gasteiger partial charge in [-0.15, -0.1) is 5.10 Å². The number of fused-ring (bicyclic) bond motifs is 1. The maximum atomic E-state index is 12.7. The first-order chi connectivity index (χ1) is 13.9. The first-order valence-electron chi connectivity index (χ1n) is 9.82. The molecule has 29 heavy (non-hydrogen) atoms. The van der Waals surface area contributed by atoms with Crippen LogP contribution in [0.3, 0.4) is 0 Å². The number of hydrogen-bond acceptors (Lipinski definition) is 4. The molecule has 2 aromatic heterocycles. The summed E-state index contributed by atoms with van der Waals surface area (Å²) in [6, 6.07) is 10.6. The van der Waals surface area contributed by atoms with E-state index in [1.807, 2.05) is 18.2 Å².